The molecule has 0 unspecified atom stereocenters. The lowest BCUT2D eigenvalue weighted by atomic mass is 9.83. The average molecular weight is 419 g/mol. The predicted octanol–water partition coefficient (Wildman–Crippen LogP) is 5.45. The second kappa shape index (κ2) is 7.80. The molecule has 30 heavy (non-hydrogen) atoms. The highest BCUT2D eigenvalue weighted by atomic mass is 35.5. The minimum Gasteiger partial charge on any atom is -0.300 e. The average Bonchev–Trinajstić information content (AvgIpc) is 3.05. The second-order valence-corrected chi connectivity index (χ2v) is 8.55. The maximum atomic E-state index is 11.8. The molecule has 152 valence electrons. The number of rotatable bonds is 5. The molecule has 3 aromatic rings. The number of aliphatic imine (C=N–C) groups is 1. The van der Waals surface area contributed by atoms with E-state index in [0.717, 1.165) is 28.5 Å². The Bertz CT molecular complexity index is 1130. The predicted molar refractivity (Wildman–Crippen MR) is 118 cm³/mol. The molecule has 1 fully saturated rings. The summed E-state index contributed by atoms with van der Waals surface area (Å²) in [7, 11) is 0. The summed E-state index contributed by atoms with van der Waals surface area (Å²) in [4.78, 5) is 26.3. The number of carbonyl (C=O) groups is 1. The summed E-state index contributed by atoms with van der Waals surface area (Å²) in [5.74, 6) is 1.57. The molecule has 0 spiro atoms. The van der Waals surface area contributed by atoms with E-state index in [1.54, 1.807) is 13.1 Å². The van der Waals surface area contributed by atoms with E-state index in [-0.39, 0.29) is 11.8 Å². The molecule has 2 aromatic heterocycles. The minimum absolute atomic E-state index is 0.159. The summed E-state index contributed by atoms with van der Waals surface area (Å²) >= 11 is 6.42. The minimum atomic E-state index is -0.217. The lowest BCUT2D eigenvalue weighted by Gasteiger charge is -2.27. The molecule has 1 aromatic carbocycles. The molecular weight excluding hydrogens is 396 g/mol. The van der Waals surface area contributed by atoms with Gasteiger partial charge in [0.2, 0.25) is 0 Å². The highest BCUT2D eigenvalue weighted by Crippen LogP contribution is 2.41. The smallest absolute Gasteiger partial charge is 0.138 e. The van der Waals surface area contributed by atoms with Crippen LogP contribution in [0.4, 0.5) is 0 Å². The Kier molecular flexibility index (Phi) is 4.99. The van der Waals surface area contributed by atoms with Crippen LogP contribution in [0.2, 0.25) is 5.02 Å². The van der Waals surface area contributed by atoms with E-state index < -0.39 is 0 Å². The highest BCUT2D eigenvalue weighted by Gasteiger charge is 2.32. The summed E-state index contributed by atoms with van der Waals surface area (Å²) in [6, 6.07) is 11.5. The summed E-state index contributed by atoms with van der Waals surface area (Å²) < 4.78 is 2.26. The quantitative estimate of drug-likeness (QED) is 0.553. The Morgan fingerprint density at radius 1 is 1.20 bits per heavy atom. The molecule has 1 aliphatic carbocycles. The normalized spacial score (nSPS) is 18.1. The topological polar surface area (TPSA) is 60.1 Å². The van der Waals surface area contributed by atoms with Gasteiger partial charge in [0, 0.05) is 41.0 Å². The third kappa shape index (κ3) is 3.37. The Labute approximate surface area is 180 Å². The van der Waals surface area contributed by atoms with Gasteiger partial charge in [-0.1, -0.05) is 24.1 Å². The van der Waals surface area contributed by atoms with Crippen LogP contribution in [0.1, 0.15) is 73.8 Å². The zero-order valence-electron chi connectivity index (χ0n) is 16.9. The van der Waals surface area contributed by atoms with Crippen molar-refractivity contribution in [2.75, 3.05) is 0 Å². The molecule has 1 aliphatic heterocycles. The van der Waals surface area contributed by atoms with Crippen molar-refractivity contribution in [3.63, 3.8) is 0 Å². The van der Waals surface area contributed by atoms with Gasteiger partial charge in [0.25, 0.3) is 0 Å². The molecule has 5 nitrogen and oxygen atoms in total. The SMILES string of the molecule is CC(=O)CC[C@@H]1N=C(c2ccccn2)c2cc(Cl)ccc2-n2c(C3CCC3)cnc21. The van der Waals surface area contributed by atoms with E-state index in [1.165, 1.54) is 25.0 Å². The molecule has 5 rings (SSSR count). The number of carbonyl (C=O) groups excluding carboxylic acids is 1. The van der Waals surface area contributed by atoms with Gasteiger partial charge in [-0.05, 0) is 56.5 Å². The molecule has 6 heteroatoms. The first kappa shape index (κ1) is 19.2. The molecule has 0 N–H and O–H groups in total. The third-order valence-electron chi connectivity index (χ3n) is 6.05. The largest absolute Gasteiger partial charge is 0.300 e. The van der Waals surface area contributed by atoms with Gasteiger partial charge in [-0.25, -0.2) is 4.98 Å². The van der Waals surface area contributed by atoms with Crippen molar-refractivity contribution in [2.45, 2.75) is 51.0 Å². The van der Waals surface area contributed by atoms with Gasteiger partial charge in [0.05, 0.1) is 17.1 Å². The number of aromatic nitrogens is 3. The number of halogens is 1. The van der Waals surface area contributed by atoms with Gasteiger partial charge in [-0.3, -0.25) is 14.5 Å². The van der Waals surface area contributed by atoms with Crippen molar-refractivity contribution in [3.8, 4) is 5.69 Å². The molecule has 0 radical (unpaired) electrons. The van der Waals surface area contributed by atoms with E-state index in [1.807, 2.05) is 36.5 Å². The zero-order chi connectivity index (χ0) is 20.7. The molecule has 0 bridgehead atoms. The molecular formula is C24H23ClN4O. The molecule has 0 amide bonds. The summed E-state index contributed by atoms with van der Waals surface area (Å²) in [6.45, 7) is 1.63. The van der Waals surface area contributed by atoms with Crippen molar-refractivity contribution in [1.29, 1.82) is 0 Å². The van der Waals surface area contributed by atoms with Crippen LogP contribution in [0.25, 0.3) is 5.69 Å². The van der Waals surface area contributed by atoms with Gasteiger partial charge >= 0.3 is 0 Å². The van der Waals surface area contributed by atoms with Crippen molar-refractivity contribution in [2.24, 2.45) is 4.99 Å². The Morgan fingerprint density at radius 3 is 2.77 bits per heavy atom. The fourth-order valence-electron chi connectivity index (χ4n) is 4.29. The maximum absolute atomic E-state index is 11.8. The lowest BCUT2D eigenvalue weighted by molar-refractivity contribution is -0.117. The first-order valence-corrected chi connectivity index (χ1v) is 10.9. The first-order valence-electron chi connectivity index (χ1n) is 10.5. The number of hydrogen-bond acceptors (Lipinski definition) is 4. The molecule has 1 saturated carbocycles. The Morgan fingerprint density at radius 2 is 2.07 bits per heavy atom. The van der Waals surface area contributed by atoms with Crippen molar-refractivity contribution in [1.82, 2.24) is 14.5 Å². The number of imidazole rings is 1. The summed E-state index contributed by atoms with van der Waals surface area (Å²) in [5.41, 5.74) is 4.80. The number of hydrogen-bond donors (Lipinski definition) is 0. The molecule has 0 saturated heterocycles. The fourth-order valence-corrected chi connectivity index (χ4v) is 4.46. The van der Waals surface area contributed by atoms with Gasteiger partial charge in [-0.15, -0.1) is 0 Å². The van der Waals surface area contributed by atoms with E-state index in [4.69, 9.17) is 21.6 Å². The maximum Gasteiger partial charge on any atom is 0.138 e. The van der Waals surface area contributed by atoms with Gasteiger partial charge in [-0.2, -0.15) is 0 Å². The number of Topliss-reactive ketones (excluding diaryl/α,β-unsaturated/α-hetero) is 1. The first-order chi connectivity index (χ1) is 14.6. The zero-order valence-corrected chi connectivity index (χ0v) is 17.6. The van der Waals surface area contributed by atoms with Crippen LogP contribution in [0.15, 0.2) is 53.8 Å². The number of nitrogens with zero attached hydrogens (tertiary/aromatic N) is 4. The summed E-state index contributed by atoms with van der Waals surface area (Å²) in [6.07, 6.45) is 8.47. The van der Waals surface area contributed by atoms with Crippen LogP contribution in [-0.2, 0) is 4.79 Å². The fraction of sp³-hybridized carbons (Fsp3) is 0.333. The molecule has 3 heterocycles. The monoisotopic (exact) mass is 418 g/mol. The van der Waals surface area contributed by atoms with Gasteiger partial charge in [0.1, 0.15) is 17.6 Å². The van der Waals surface area contributed by atoms with Crippen LogP contribution >= 0.6 is 11.6 Å². The highest BCUT2D eigenvalue weighted by molar-refractivity contribution is 6.31. The second-order valence-electron chi connectivity index (χ2n) is 8.12. The third-order valence-corrected chi connectivity index (χ3v) is 6.29. The summed E-state index contributed by atoms with van der Waals surface area (Å²) in [5, 5.41) is 0.659. The van der Waals surface area contributed by atoms with Gasteiger partial charge < -0.3 is 4.79 Å². The van der Waals surface area contributed by atoms with E-state index >= 15 is 0 Å². The van der Waals surface area contributed by atoms with Crippen molar-refractivity contribution >= 4 is 23.1 Å². The van der Waals surface area contributed by atoms with E-state index in [2.05, 4.69) is 15.6 Å². The number of ketones is 1. The van der Waals surface area contributed by atoms with E-state index in [0.29, 0.717) is 23.8 Å². The Balaban J connectivity index is 1.74. The van der Waals surface area contributed by atoms with Crippen molar-refractivity contribution in [3.05, 3.63) is 76.6 Å². The number of pyridine rings is 1. The lowest BCUT2D eigenvalue weighted by Crippen LogP contribution is -2.16. The molecule has 2 aliphatic rings. The van der Waals surface area contributed by atoms with Crippen LogP contribution < -0.4 is 0 Å². The van der Waals surface area contributed by atoms with Gasteiger partial charge in [0.15, 0.2) is 0 Å². The Hall–Kier alpha value is -2.79. The number of benzene rings is 1. The molecule has 1 atom stereocenters. The van der Waals surface area contributed by atoms with E-state index in [9.17, 15) is 4.79 Å². The number of fused-ring (bicyclic) bond motifs is 3. The van der Waals surface area contributed by atoms with Crippen LogP contribution in [0.3, 0.4) is 0 Å². The van der Waals surface area contributed by atoms with Crippen LogP contribution in [0.5, 0.6) is 0 Å². The van der Waals surface area contributed by atoms with Crippen LogP contribution in [-0.4, -0.2) is 26.0 Å². The van der Waals surface area contributed by atoms with Crippen LogP contribution in [0, 0.1) is 0 Å². The van der Waals surface area contributed by atoms with Crippen molar-refractivity contribution < 1.29 is 4.79 Å². The standard InChI is InChI=1S/C24H23ClN4O/c1-15(30)8-10-20-24-27-14-22(16-5-4-6-16)29(24)21-11-9-17(25)13-18(21)23(28-20)19-7-2-3-12-26-19/h2-3,7,9,11-14,16,20H,4-6,8,10H2,1H3/t20-/m0/s1.